The number of anilines is 1. The van der Waals surface area contributed by atoms with Crippen LogP contribution >= 0.6 is 0 Å². The van der Waals surface area contributed by atoms with Crippen molar-refractivity contribution in [2.75, 3.05) is 11.4 Å². The van der Waals surface area contributed by atoms with E-state index in [1.165, 1.54) is 17.3 Å². The van der Waals surface area contributed by atoms with Crippen LogP contribution in [0.25, 0.3) is 11.3 Å². The Morgan fingerprint density at radius 1 is 1.23 bits per heavy atom. The molecule has 2 aromatic heterocycles. The van der Waals surface area contributed by atoms with Crippen molar-refractivity contribution in [1.82, 2.24) is 20.4 Å². The number of hydrogen-bond acceptors (Lipinski definition) is 5. The molecule has 4 rings (SSSR count). The van der Waals surface area contributed by atoms with Gasteiger partial charge in [0.05, 0.1) is 30.3 Å². The van der Waals surface area contributed by atoms with Gasteiger partial charge < -0.3 is 5.11 Å². The number of H-pyrrole nitrogens is 1. The van der Waals surface area contributed by atoms with Gasteiger partial charge in [-0.3, -0.25) is 14.8 Å². The van der Waals surface area contributed by atoms with Gasteiger partial charge in [0.25, 0.3) is 6.43 Å². The van der Waals surface area contributed by atoms with E-state index in [-0.39, 0.29) is 24.3 Å². The second kappa shape index (κ2) is 8.42. The number of nitrogens with one attached hydrogen (secondary N) is 1. The first-order chi connectivity index (χ1) is 14.9. The van der Waals surface area contributed by atoms with Crippen LogP contribution in [-0.2, 0) is 17.8 Å². The summed E-state index contributed by atoms with van der Waals surface area (Å²) >= 11 is 0. The summed E-state index contributed by atoms with van der Waals surface area (Å²) in [6, 6.07) is 3.52. The Hall–Kier alpha value is -3.34. The van der Waals surface area contributed by atoms with Crippen LogP contribution in [0.1, 0.15) is 29.5 Å². The smallest absolute Gasteiger partial charge is 0.267 e. The number of nitrogens with zero attached hydrogens (tertiary/aromatic N) is 4. The maximum atomic E-state index is 13.9. The van der Waals surface area contributed by atoms with E-state index in [4.69, 9.17) is 0 Å². The van der Waals surface area contributed by atoms with Crippen molar-refractivity contribution >= 4 is 11.7 Å². The molecule has 1 atom stereocenters. The van der Waals surface area contributed by atoms with Crippen molar-refractivity contribution in [2.24, 2.45) is 5.92 Å². The Balaban J connectivity index is 1.60. The highest BCUT2D eigenvalue weighted by atomic mass is 19.3. The lowest BCUT2D eigenvalue weighted by Gasteiger charge is -2.17. The molecule has 1 fully saturated rings. The van der Waals surface area contributed by atoms with E-state index in [1.807, 2.05) is 0 Å². The molecule has 11 heteroatoms. The van der Waals surface area contributed by atoms with E-state index < -0.39 is 42.1 Å². The number of benzene rings is 1. The lowest BCUT2D eigenvalue weighted by atomic mass is 9.94. The van der Waals surface area contributed by atoms with Crippen LogP contribution in [0.3, 0.4) is 0 Å². The number of hydrogen-bond donors (Lipinski definition) is 2. The molecule has 162 valence electrons. The molecule has 7 nitrogen and oxygen atoms in total. The highest BCUT2D eigenvalue weighted by molar-refractivity contribution is 5.97. The number of carbonyl (C=O) groups is 1. The van der Waals surface area contributed by atoms with Gasteiger partial charge in [0.1, 0.15) is 0 Å². The minimum absolute atomic E-state index is 0.109. The number of aliphatic hydroxyl groups excluding tert-OH is 1. The minimum Gasteiger partial charge on any atom is -0.391 e. The Kier molecular flexibility index (Phi) is 5.68. The summed E-state index contributed by atoms with van der Waals surface area (Å²) in [6.07, 6.45) is -0.116. The van der Waals surface area contributed by atoms with Crippen molar-refractivity contribution in [3.05, 3.63) is 58.9 Å². The molecule has 1 unspecified atom stereocenters. The van der Waals surface area contributed by atoms with Crippen molar-refractivity contribution in [1.29, 1.82) is 0 Å². The van der Waals surface area contributed by atoms with E-state index in [1.54, 1.807) is 6.07 Å². The number of alkyl halides is 2. The fourth-order valence-electron chi connectivity index (χ4n) is 3.83. The predicted molar refractivity (Wildman–Crippen MR) is 101 cm³/mol. The summed E-state index contributed by atoms with van der Waals surface area (Å²) in [4.78, 5) is 14.3. The lowest BCUT2D eigenvalue weighted by molar-refractivity contribution is -0.120. The molecule has 1 amide bonds. The molecular formula is C20H17F4N5O2. The van der Waals surface area contributed by atoms with Crippen LogP contribution in [0.4, 0.5) is 23.4 Å². The average molecular weight is 435 g/mol. The number of aliphatic hydroxyl groups is 1. The van der Waals surface area contributed by atoms with Gasteiger partial charge in [0, 0.05) is 23.6 Å². The second-order valence-corrected chi connectivity index (χ2v) is 7.10. The molecule has 0 bridgehead atoms. The van der Waals surface area contributed by atoms with Gasteiger partial charge in [-0.15, -0.1) is 0 Å². The molecule has 1 aromatic carbocycles. The number of carbonyl (C=O) groups excluding carboxylic acids is 1. The Labute approximate surface area is 173 Å². The molecule has 31 heavy (non-hydrogen) atoms. The maximum Gasteiger partial charge on any atom is 0.267 e. The Morgan fingerprint density at radius 2 is 2.03 bits per heavy atom. The molecular weight excluding hydrogens is 418 g/mol. The largest absolute Gasteiger partial charge is 0.391 e. The third-order valence-electron chi connectivity index (χ3n) is 5.36. The lowest BCUT2D eigenvalue weighted by Crippen LogP contribution is -2.29. The summed E-state index contributed by atoms with van der Waals surface area (Å²) < 4.78 is 53.9. The van der Waals surface area contributed by atoms with Gasteiger partial charge in [-0.2, -0.15) is 15.3 Å². The first kappa shape index (κ1) is 20.9. The zero-order valence-electron chi connectivity index (χ0n) is 16.0. The van der Waals surface area contributed by atoms with Crippen LogP contribution in [-0.4, -0.2) is 38.0 Å². The zero-order valence-corrected chi connectivity index (χ0v) is 16.0. The van der Waals surface area contributed by atoms with Crippen LogP contribution in [0, 0.1) is 17.6 Å². The van der Waals surface area contributed by atoms with Crippen molar-refractivity contribution in [2.45, 2.75) is 25.9 Å². The summed E-state index contributed by atoms with van der Waals surface area (Å²) in [6.45, 7) is -0.167. The molecule has 3 aromatic rings. The number of aromatic nitrogens is 4. The molecule has 1 aliphatic heterocycles. The van der Waals surface area contributed by atoms with Gasteiger partial charge in [0.2, 0.25) is 5.91 Å². The molecule has 0 saturated carbocycles. The standard InChI is InChI=1S/C20H17F4N5O2/c21-14-2-1-10(15(16(14)22)18(23)24)7-11-4-6-29(20(11)31)19-13(9-30)17(27-28-19)12-3-5-25-26-8-12/h1-3,5,8,11,18,30H,4,6-7,9H2,(H,27,28). The molecule has 2 N–H and O–H groups in total. The topological polar surface area (TPSA) is 95.0 Å². The van der Waals surface area contributed by atoms with Crippen LogP contribution in [0.15, 0.2) is 30.6 Å². The molecule has 0 spiro atoms. The Bertz CT molecular complexity index is 1110. The van der Waals surface area contributed by atoms with Gasteiger partial charge in [-0.05, 0) is 30.5 Å². The highest BCUT2D eigenvalue weighted by Crippen LogP contribution is 2.35. The van der Waals surface area contributed by atoms with Gasteiger partial charge in [-0.25, -0.2) is 17.6 Å². The van der Waals surface area contributed by atoms with Crippen molar-refractivity contribution < 1.29 is 27.5 Å². The summed E-state index contributed by atoms with van der Waals surface area (Å²) in [7, 11) is 0. The quantitative estimate of drug-likeness (QED) is 0.580. The monoisotopic (exact) mass is 435 g/mol. The van der Waals surface area contributed by atoms with Gasteiger partial charge >= 0.3 is 0 Å². The third-order valence-corrected chi connectivity index (χ3v) is 5.36. The molecule has 0 aliphatic carbocycles. The van der Waals surface area contributed by atoms with Crippen molar-refractivity contribution in [3.8, 4) is 11.3 Å². The van der Waals surface area contributed by atoms with Gasteiger partial charge in [0.15, 0.2) is 17.5 Å². The van der Waals surface area contributed by atoms with Gasteiger partial charge in [-0.1, -0.05) is 6.07 Å². The highest BCUT2D eigenvalue weighted by Gasteiger charge is 2.37. The second-order valence-electron chi connectivity index (χ2n) is 7.10. The van der Waals surface area contributed by atoms with Crippen LogP contribution in [0.2, 0.25) is 0 Å². The normalized spacial score (nSPS) is 16.5. The number of rotatable bonds is 6. The molecule has 0 radical (unpaired) electrons. The number of aromatic amines is 1. The Morgan fingerprint density at radius 3 is 2.71 bits per heavy atom. The van der Waals surface area contributed by atoms with E-state index in [0.717, 1.165) is 12.1 Å². The SMILES string of the molecule is O=C1C(Cc2ccc(F)c(F)c2C(F)F)CCN1c1n[nH]c(-c2ccnnc2)c1CO. The van der Waals surface area contributed by atoms with E-state index in [9.17, 15) is 27.5 Å². The fraction of sp³-hybridized carbons (Fsp3) is 0.300. The zero-order chi connectivity index (χ0) is 22.1. The molecule has 3 heterocycles. The first-order valence-electron chi connectivity index (χ1n) is 9.43. The van der Waals surface area contributed by atoms with Crippen LogP contribution < -0.4 is 4.90 Å². The summed E-state index contributed by atoms with van der Waals surface area (Å²) in [5, 5.41) is 24.2. The predicted octanol–water partition coefficient (Wildman–Crippen LogP) is 3.17. The third kappa shape index (κ3) is 3.76. The van der Waals surface area contributed by atoms with E-state index in [0.29, 0.717) is 23.2 Å². The number of amides is 1. The number of halogens is 4. The minimum atomic E-state index is -3.21. The molecule has 1 saturated heterocycles. The maximum absolute atomic E-state index is 13.9. The summed E-state index contributed by atoms with van der Waals surface area (Å²) in [5.41, 5.74) is 0.341. The van der Waals surface area contributed by atoms with E-state index >= 15 is 0 Å². The molecule has 1 aliphatic rings. The summed E-state index contributed by atoms with van der Waals surface area (Å²) in [5.74, 6) is -3.84. The average Bonchev–Trinajstić information content (AvgIpc) is 3.34. The fourth-order valence-corrected chi connectivity index (χ4v) is 3.83. The van der Waals surface area contributed by atoms with Crippen LogP contribution in [0.5, 0.6) is 0 Å². The van der Waals surface area contributed by atoms with Crippen molar-refractivity contribution in [3.63, 3.8) is 0 Å². The first-order valence-corrected chi connectivity index (χ1v) is 9.43. The van der Waals surface area contributed by atoms with E-state index in [2.05, 4.69) is 20.4 Å².